The van der Waals surface area contributed by atoms with Crippen molar-refractivity contribution >= 4 is 9.84 Å². The Bertz CT molecular complexity index is 520. The fraction of sp³-hybridized carbons (Fsp3) is 0.571. The molecule has 18 heavy (non-hydrogen) atoms. The van der Waals surface area contributed by atoms with Crippen molar-refractivity contribution in [2.75, 3.05) is 6.54 Å². The van der Waals surface area contributed by atoms with Crippen LogP contribution in [0.15, 0.2) is 17.0 Å². The summed E-state index contributed by atoms with van der Waals surface area (Å²) in [5.74, 6) is 0. The Hall–Kier alpha value is -0.870. The number of benzene rings is 1. The molecule has 1 fully saturated rings. The lowest BCUT2D eigenvalue weighted by Gasteiger charge is -2.25. The van der Waals surface area contributed by atoms with Gasteiger partial charge in [-0.05, 0) is 57.7 Å². The highest BCUT2D eigenvalue weighted by Crippen LogP contribution is 2.27. The lowest BCUT2D eigenvalue weighted by molar-refractivity contribution is 0.460. The topological polar surface area (TPSA) is 46.2 Å². The van der Waals surface area contributed by atoms with Gasteiger partial charge in [0.15, 0.2) is 9.84 Å². The summed E-state index contributed by atoms with van der Waals surface area (Å²) in [7, 11) is -3.25. The van der Waals surface area contributed by atoms with Crippen LogP contribution in [-0.4, -0.2) is 20.3 Å². The molecule has 0 amide bonds. The number of hydrogen-bond donors (Lipinski definition) is 1. The minimum absolute atomic E-state index is 0.411. The lowest BCUT2D eigenvalue weighted by Crippen LogP contribution is -2.40. The van der Waals surface area contributed by atoms with E-state index in [0.717, 1.165) is 42.5 Å². The number of nitrogens with one attached hydrogen (secondary N) is 1. The molecule has 0 aliphatic carbocycles. The van der Waals surface area contributed by atoms with E-state index in [1.54, 1.807) is 0 Å². The van der Waals surface area contributed by atoms with Gasteiger partial charge in [-0.3, -0.25) is 0 Å². The first-order valence-electron chi connectivity index (χ1n) is 6.48. The maximum atomic E-state index is 12.7. The molecule has 1 unspecified atom stereocenters. The number of sulfone groups is 1. The summed E-state index contributed by atoms with van der Waals surface area (Å²) < 4.78 is 25.4. The van der Waals surface area contributed by atoms with Gasteiger partial charge in [0, 0.05) is 0 Å². The first-order chi connectivity index (χ1) is 8.43. The highest BCUT2D eigenvalue weighted by Gasteiger charge is 2.31. The van der Waals surface area contributed by atoms with E-state index in [9.17, 15) is 8.42 Å². The monoisotopic (exact) mass is 267 g/mol. The maximum absolute atomic E-state index is 12.7. The van der Waals surface area contributed by atoms with Crippen molar-refractivity contribution in [3.8, 4) is 0 Å². The molecule has 1 aromatic rings. The molecule has 1 saturated heterocycles. The minimum atomic E-state index is -3.25. The van der Waals surface area contributed by atoms with Crippen molar-refractivity contribution in [3.05, 3.63) is 28.8 Å². The Balaban J connectivity index is 2.47. The molecule has 1 N–H and O–H groups in total. The van der Waals surface area contributed by atoms with Crippen molar-refractivity contribution < 1.29 is 8.42 Å². The molecule has 0 spiro atoms. The third-order valence-corrected chi connectivity index (χ3v) is 5.89. The van der Waals surface area contributed by atoms with E-state index in [-0.39, 0.29) is 0 Å². The second-order valence-electron chi connectivity index (χ2n) is 5.21. The second kappa shape index (κ2) is 5.02. The summed E-state index contributed by atoms with van der Waals surface area (Å²) in [4.78, 5) is 0.521. The van der Waals surface area contributed by atoms with E-state index >= 15 is 0 Å². The molecule has 100 valence electrons. The molecule has 2 rings (SSSR count). The number of hydrogen-bond acceptors (Lipinski definition) is 3. The van der Waals surface area contributed by atoms with Gasteiger partial charge in [-0.15, -0.1) is 0 Å². The Morgan fingerprint density at radius 3 is 2.22 bits per heavy atom. The zero-order chi connectivity index (χ0) is 13.3. The van der Waals surface area contributed by atoms with Gasteiger partial charge in [-0.1, -0.05) is 17.7 Å². The molecule has 1 atom stereocenters. The van der Waals surface area contributed by atoms with E-state index in [1.165, 1.54) is 0 Å². The number of aryl methyl sites for hydroxylation is 3. The Morgan fingerprint density at radius 2 is 1.72 bits per heavy atom. The van der Waals surface area contributed by atoms with Crippen molar-refractivity contribution in [2.24, 2.45) is 0 Å². The maximum Gasteiger partial charge on any atom is 0.194 e. The fourth-order valence-corrected chi connectivity index (χ4v) is 4.96. The van der Waals surface area contributed by atoms with Crippen LogP contribution < -0.4 is 5.32 Å². The third kappa shape index (κ3) is 2.45. The van der Waals surface area contributed by atoms with Gasteiger partial charge >= 0.3 is 0 Å². The van der Waals surface area contributed by atoms with Crippen LogP contribution >= 0.6 is 0 Å². The van der Waals surface area contributed by atoms with Crippen LogP contribution in [-0.2, 0) is 9.84 Å². The van der Waals surface area contributed by atoms with Gasteiger partial charge in [0.1, 0.15) is 5.37 Å². The highest BCUT2D eigenvalue weighted by atomic mass is 32.2. The fourth-order valence-electron chi connectivity index (χ4n) is 2.84. The van der Waals surface area contributed by atoms with E-state index in [1.807, 2.05) is 32.9 Å². The Labute approximate surface area is 110 Å². The van der Waals surface area contributed by atoms with Gasteiger partial charge in [0.2, 0.25) is 0 Å². The normalized spacial score (nSPS) is 20.9. The van der Waals surface area contributed by atoms with Crippen molar-refractivity contribution in [1.29, 1.82) is 0 Å². The predicted octanol–water partition coefficient (Wildman–Crippen LogP) is 2.49. The number of piperidine rings is 1. The van der Waals surface area contributed by atoms with Crippen LogP contribution in [0, 0.1) is 20.8 Å². The lowest BCUT2D eigenvalue weighted by atomic mass is 10.1. The predicted molar refractivity (Wildman–Crippen MR) is 73.5 cm³/mol. The first kappa shape index (κ1) is 13.6. The van der Waals surface area contributed by atoms with Crippen LogP contribution in [0.2, 0.25) is 0 Å². The molecule has 3 nitrogen and oxygen atoms in total. The van der Waals surface area contributed by atoms with Gasteiger partial charge in [-0.2, -0.15) is 0 Å². The summed E-state index contributed by atoms with van der Waals surface area (Å²) in [6, 6.07) is 3.89. The third-order valence-electron chi connectivity index (χ3n) is 3.53. The first-order valence-corrected chi connectivity index (χ1v) is 8.02. The standard InChI is InChI=1S/C14H21NO2S/c1-10-8-11(2)14(12(3)9-10)18(16,17)13-6-4-5-7-15-13/h8-9,13,15H,4-7H2,1-3H3. The largest absolute Gasteiger partial charge is 0.301 e. The summed E-state index contributed by atoms with van der Waals surface area (Å²) in [6.45, 7) is 6.56. The zero-order valence-corrected chi connectivity index (χ0v) is 12.1. The van der Waals surface area contributed by atoms with Gasteiger partial charge in [-0.25, -0.2) is 8.42 Å². The Kier molecular flexibility index (Phi) is 3.78. The molecule has 0 radical (unpaired) electrons. The summed E-state index contributed by atoms with van der Waals surface area (Å²) in [5, 5.41) is 2.73. The van der Waals surface area contributed by atoms with E-state index in [0.29, 0.717) is 4.90 Å². The molecule has 1 heterocycles. The highest BCUT2D eigenvalue weighted by molar-refractivity contribution is 7.92. The van der Waals surface area contributed by atoms with Gasteiger partial charge < -0.3 is 5.32 Å². The minimum Gasteiger partial charge on any atom is -0.301 e. The molecule has 0 bridgehead atoms. The van der Waals surface area contributed by atoms with Crippen molar-refractivity contribution in [3.63, 3.8) is 0 Å². The number of rotatable bonds is 2. The molecular weight excluding hydrogens is 246 g/mol. The molecule has 1 aromatic carbocycles. The average Bonchev–Trinajstić information content (AvgIpc) is 2.28. The molecule has 4 heteroatoms. The Morgan fingerprint density at radius 1 is 1.11 bits per heavy atom. The molecule has 0 aromatic heterocycles. The van der Waals surface area contributed by atoms with E-state index in [2.05, 4.69) is 5.32 Å². The van der Waals surface area contributed by atoms with Crippen LogP contribution in [0.25, 0.3) is 0 Å². The zero-order valence-electron chi connectivity index (χ0n) is 11.3. The van der Waals surface area contributed by atoms with Crippen LogP contribution in [0.1, 0.15) is 36.0 Å². The molecule has 1 aliphatic heterocycles. The molecule has 1 aliphatic rings. The van der Waals surface area contributed by atoms with Crippen LogP contribution in [0.3, 0.4) is 0 Å². The summed E-state index contributed by atoms with van der Waals surface area (Å²) >= 11 is 0. The van der Waals surface area contributed by atoms with Crippen molar-refractivity contribution in [1.82, 2.24) is 5.32 Å². The van der Waals surface area contributed by atoms with E-state index < -0.39 is 15.2 Å². The second-order valence-corrected chi connectivity index (χ2v) is 7.28. The van der Waals surface area contributed by atoms with Crippen LogP contribution in [0.5, 0.6) is 0 Å². The quantitative estimate of drug-likeness (QED) is 0.895. The molecule has 0 saturated carbocycles. The van der Waals surface area contributed by atoms with Crippen LogP contribution in [0.4, 0.5) is 0 Å². The van der Waals surface area contributed by atoms with Gasteiger partial charge in [0.25, 0.3) is 0 Å². The SMILES string of the molecule is Cc1cc(C)c(S(=O)(=O)C2CCCCN2)c(C)c1. The van der Waals surface area contributed by atoms with Gasteiger partial charge in [0.05, 0.1) is 4.90 Å². The van der Waals surface area contributed by atoms with E-state index in [4.69, 9.17) is 0 Å². The summed E-state index contributed by atoms with van der Waals surface area (Å²) in [6.07, 6.45) is 2.77. The average molecular weight is 267 g/mol. The summed E-state index contributed by atoms with van der Waals surface area (Å²) in [5.41, 5.74) is 2.83. The smallest absolute Gasteiger partial charge is 0.194 e. The van der Waals surface area contributed by atoms with Crippen molar-refractivity contribution in [2.45, 2.75) is 50.3 Å². The molecular formula is C14H21NO2S.